The van der Waals surface area contributed by atoms with Gasteiger partial charge in [-0.2, -0.15) is 8.42 Å². The Kier molecular flexibility index (Phi) is 5.76. The Morgan fingerprint density at radius 3 is 2.24 bits per heavy atom. The number of esters is 1. The number of sulfone groups is 1. The van der Waals surface area contributed by atoms with Crippen LogP contribution in [-0.4, -0.2) is 54.1 Å². The highest BCUT2D eigenvalue weighted by Gasteiger charge is 2.53. The van der Waals surface area contributed by atoms with Crippen molar-refractivity contribution < 1.29 is 35.3 Å². The quantitative estimate of drug-likeness (QED) is 0.482. The number of ether oxygens (including phenoxy) is 2. The van der Waals surface area contributed by atoms with Gasteiger partial charge in [-0.25, -0.2) is 13.2 Å². The molecule has 8 nitrogen and oxygen atoms in total. The molecule has 1 saturated carbocycles. The highest BCUT2D eigenvalue weighted by atomic mass is 35.5. The first kappa shape index (κ1) is 22.1. The molecule has 1 aromatic rings. The minimum Gasteiger partial charge on any atom is -0.447 e. The fourth-order valence-corrected chi connectivity index (χ4v) is 5.17. The molecule has 0 radical (unpaired) electrons. The molecule has 1 aliphatic heterocycles. The highest BCUT2D eigenvalue weighted by Crippen LogP contribution is 2.48. The van der Waals surface area contributed by atoms with Crippen LogP contribution in [0.5, 0.6) is 0 Å². The first-order chi connectivity index (χ1) is 13.4. The molecule has 0 N–H and O–H groups in total. The van der Waals surface area contributed by atoms with Crippen molar-refractivity contribution in [1.82, 2.24) is 0 Å². The molecule has 0 saturated heterocycles. The van der Waals surface area contributed by atoms with Crippen LogP contribution in [0.4, 0.5) is 0 Å². The van der Waals surface area contributed by atoms with Crippen LogP contribution in [0, 0.1) is 0 Å². The van der Waals surface area contributed by atoms with Gasteiger partial charge in [0.05, 0.1) is 22.3 Å². The molecule has 160 valence electrons. The lowest BCUT2D eigenvalue weighted by molar-refractivity contribution is -0.151. The van der Waals surface area contributed by atoms with Crippen molar-refractivity contribution >= 4 is 43.1 Å². The second kappa shape index (κ2) is 7.57. The summed E-state index contributed by atoms with van der Waals surface area (Å²) >= 11 is 6.26. The van der Waals surface area contributed by atoms with Crippen LogP contribution in [0.25, 0.3) is 5.57 Å². The molecule has 1 aliphatic carbocycles. The van der Waals surface area contributed by atoms with Crippen molar-refractivity contribution in [3.05, 3.63) is 34.5 Å². The summed E-state index contributed by atoms with van der Waals surface area (Å²) in [5.74, 6) is -0.887. The van der Waals surface area contributed by atoms with Crippen molar-refractivity contribution in [3.63, 3.8) is 0 Å². The van der Waals surface area contributed by atoms with Gasteiger partial charge in [0.2, 0.25) is 0 Å². The molecule has 1 spiro atoms. The first-order valence-corrected chi connectivity index (χ1v) is 12.9. The maximum Gasteiger partial charge on any atom is 0.343 e. The number of hydrogen-bond acceptors (Lipinski definition) is 8. The SMILES string of the molecule is COC1CCC2(CC1)OC(=O)C(c1ccc(S(C)(=O)=O)cc1Cl)=C2OS(C)(=O)=O. The Hall–Kier alpha value is -1.62. The predicted molar refractivity (Wildman–Crippen MR) is 105 cm³/mol. The number of halogens is 1. The molecule has 0 bridgehead atoms. The molecule has 1 fully saturated rings. The average molecular weight is 465 g/mol. The molecular formula is C18H21ClO8S2. The highest BCUT2D eigenvalue weighted by molar-refractivity contribution is 7.90. The van der Waals surface area contributed by atoms with Crippen molar-refractivity contribution in [2.24, 2.45) is 0 Å². The van der Waals surface area contributed by atoms with Crippen LogP contribution in [0.15, 0.2) is 28.9 Å². The molecular weight excluding hydrogens is 444 g/mol. The van der Waals surface area contributed by atoms with E-state index in [9.17, 15) is 21.6 Å². The third kappa shape index (κ3) is 4.45. The van der Waals surface area contributed by atoms with Crippen LogP contribution >= 0.6 is 11.6 Å². The normalized spacial score (nSPS) is 25.4. The fraction of sp³-hybridized carbons (Fsp3) is 0.500. The summed E-state index contributed by atoms with van der Waals surface area (Å²) in [5, 5.41) is -0.0305. The largest absolute Gasteiger partial charge is 0.447 e. The summed E-state index contributed by atoms with van der Waals surface area (Å²) in [4.78, 5) is 12.7. The third-order valence-corrected chi connectivity index (χ3v) is 6.97. The van der Waals surface area contributed by atoms with Crippen molar-refractivity contribution in [3.8, 4) is 0 Å². The summed E-state index contributed by atoms with van der Waals surface area (Å²) in [6.07, 6.45) is 3.63. The van der Waals surface area contributed by atoms with Crippen LogP contribution in [0.3, 0.4) is 0 Å². The fourth-order valence-electron chi connectivity index (χ4n) is 3.65. The van der Waals surface area contributed by atoms with E-state index in [0.717, 1.165) is 12.5 Å². The number of methoxy groups -OCH3 is 1. The maximum atomic E-state index is 12.8. The summed E-state index contributed by atoms with van der Waals surface area (Å²) < 4.78 is 63.6. The van der Waals surface area contributed by atoms with E-state index in [1.807, 2.05) is 0 Å². The summed E-state index contributed by atoms with van der Waals surface area (Å²) in [6.45, 7) is 0. The van der Waals surface area contributed by atoms with Gasteiger partial charge in [0.1, 0.15) is 5.57 Å². The number of benzene rings is 1. The van der Waals surface area contributed by atoms with Gasteiger partial charge in [-0.15, -0.1) is 0 Å². The number of carbonyl (C=O) groups is 1. The minimum atomic E-state index is -3.97. The van der Waals surface area contributed by atoms with E-state index >= 15 is 0 Å². The van der Waals surface area contributed by atoms with Crippen LogP contribution in [0.1, 0.15) is 31.2 Å². The van der Waals surface area contributed by atoms with Gasteiger partial charge in [-0.1, -0.05) is 17.7 Å². The van der Waals surface area contributed by atoms with Gasteiger partial charge in [0, 0.05) is 18.9 Å². The maximum absolute atomic E-state index is 12.8. The molecule has 2 aliphatic rings. The Bertz CT molecular complexity index is 1080. The lowest BCUT2D eigenvalue weighted by Crippen LogP contribution is -2.40. The standard InChI is InChI=1S/C18H21ClO8S2/c1-25-11-6-8-18(9-7-11)16(27-29(3,23)24)15(17(20)26-18)13-5-4-12(10-14(13)19)28(2,21)22/h4-5,10-11H,6-9H2,1-3H3. The van der Waals surface area contributed by atoms with E-state index in [1.165, 1.54) is 18.2 Å². The van der Waals surface area contributed by atoms with Gasteiger partial charge in [-0.05, 0) is 37.8 Å². The van der Waals surface area contributed by atoms with E-state index in [2.05, 4.69) is 0 Å². The van der Waals surface area contributed by atoms with Crippen LogP contribution in [-0.2, 0) is 38.4 Å². The zero-order valence-electron chi connectivity index (χ0n) is 16.1. The van der Waals surface area contributed by atoms with E-state index in [-0.39, 0.29) is 32.9 Å². The zero-order valence-corrected chi connectivity index (χ0v) is 18.5. The number of hydrogen-bond donors (Lipinski definition) is 0. The topological polar surface area (TPSA) is 113 Å². The van der Waals surface area contributed by atoms with Gasteiger partial charge >= 0.3 is 16.1 Å². The number of carbonyl (C=O) groups excluding carboxylic acids is 1. The Morgan fingerprint density at radius 2 is 1.76 bits per heavy atom. The van der Waals surface area contributed by atoms with E-state index in [0.29, 0.717) is 25.7 Å². The second-order valence-corrected chi connectivity index (χ2v) is 11.2. The first-order valence-electron chi connectivity index (χ1n) is 8.77. The van der Waals surface area contributed by atoms with Crippen LogP contribution in [0.2, 0.25) is 5.02 Å². The van der Waals surface area contributed by atoms with Crippen molar-refractivity contribution in [1.29, 1.82) is 0 Å². The summed E-state index contributed by atoms with van der Waals surface area (Å²) in [5.41, 5.74) is -1.20. The third-order valence-electron chi connectivity index (χ3n) is 5.08. The smallest absolute Gasteiger partial charge is 0.343 e. The molecule has 29 heavy (non-hydrogen) atoms. The summed E-state index contributed by atoms with van der Waals surface area (Å²) in [7, 11) is -5.90. The Labute approximate surface area is 174 Å². The summed E-state index contributed by atoms with van der Waals surface area (Å²) in [6, 6.07) is 3.85. The molecule has 0 unspecified atom stereocenters. The Morgan fingerprint density at radius 1 is 1.14 bits per heavy atom. The van der Waals surface area contributed by atoms with Gasteiger partial charge in [-0.3, -0.25) is 0 Å². The molecule has 0 atom stereocenters. The molecule has 1 aromatic carbocycles. The number of rotatable bonds is 5. The van der Waals surface area contributed by atoms with Gasteiger partial charge in [0.15, 0.2) is 21.2 Å². The van der Waals surface area contributed by atoms with E-state index < -0.39 is 31.5 Å². The van der Waals surface area contributed by atoms with Crippen molar-refractivity contribution in [2.75, 3.05) is 19.6 Å². The lowest BCUT2D eigenvalue weighted by Gasteiger charge is -2.36. The van der Waals surface area contributed by atoms with Crippen molar-refractivity contribution in [2.45, 2.75) is 42.3 Å². The average Bonchev–Trinajstić information content (AvgIpc) is 2.85. The Balaban J connectivity index is 2.16. The molecule has 1 heterocycles. The minimum absolute atomic E-state index is 0.0273. The molecule has 11 heteroatoms. The zero-order chi connectivity index (χ0) is 21.6. The van der Waals surface area contributed by atoms with Gasteiger partial charge in [0.25, 0.3) is 0 Å². The van der Waals surface area contributed by atoms with E-state index in [1.54, 1.807) is 7.11 Å². The van der Waals surface area contributed by atoms with Gasteiger partial charge < -0.3 is 13.7 Å². The lowest BCUT2D eigenvalue weighted by atomic mass is 9.81. The predicted octanol–water partition coefficient (Wildman–Crippen LogP) is 2.32. The molecule has 0 amide bonds. The molecule has 3 rings (SSSR count). The van der Waals surface area contributed by atoms with Crippen LogP contribution < -0.4 is 0 Å². The molecule has 0 aromatic heterocycles. The monoisotopic (exact) mass is 464 g/mol. The second-order valence-electron chi connectivity index (χ2n) is 7.22. The van der Waals surface area contributed by atoms with E-state index in [4.69, 9.17) is 25.3 Å².